The standard InChI is InChI=1S/C15H18N2/c1-3-14-16-13-6-4-5-11-9-10(2)7-8-12(11)15(13)17-14/h7-9H,3-6H2,1-2H3,(H,16,17). The van der Waals surface area contributed by atoms with Crippen LogP contribution in [0.4, 0.5) is 0 Å². The van der Waals surface area contributed by atoms with E-state index in [0.717, 1.165) is 18.7 Å². The lowest BCUT2D eigenvalue weighted by Gasteiger charge is -2.05. The first-order chi connectivity index (χ1) is 8.28. The third kappa shape index (κ3) is 1.78. The van der Waals surface area contributed by atoms with Crippen molar-refractivity contribution in [2.24, 2.45) is 0 Å². The van der Waals surface area contributed by atoms with E-state index in [1.807, 2.05) is 0 Å². The molecule has 1 aliphatic carbocycles. The largest absolute Gasteiger partial charge is 0.345 e. The number of nitrogens with zero attached hydrogens (tertiary/aromatic N) is 1. The number of benzene rings is 1. The summed E-state index contributed by atoms with van der Waals surface area (Å²) in [5.41, 5.74) is 6.65. The molecule has 1 aromatic carbocycles. The van der Waals surface area contributed by atoms with Crippen LogP contribution in [0.25, 0.3) is 11.3 Å². The third-order valence-electron chi connectivity index (χ3n) is 3.55. The van der Waals surface area contributed by atoms with Crippen LogP contribution in [0.15, 0.2) is 18.2 Å². The van der Waals surface area contributed by atoms with Crippen LogP contribution >= 0.6 is 0 Å². The van der Waals surface area contributed by atoms with Crippen molar-refractivity contribution in [3.05, 3.63) is 40.8 Å². The average Bonchev–Trinajstić information content (AvgIpc) is 2.66. The molecule has 0 saturated heterocycles. The van der Waals surface area contributed by atoms with Crippen molar-refractivity contribution >= 4 is 0 Å². The van der Waals surface area contributed by atoms with Crippen molar-refractivity contribution in [1.29, 1.82) is 0 Å². The van der Waals surface area contributed by atoms with Gasteiger partial charge in [-0.1, -0.05) is 30.7 Å². The predicted molar refractivity (Wildman–Crippen MR) is 70.2 cm³/mol. The maximum absolute atomic E-state index is 4.74. The molecule has 2 heteroatoms. The van der Waals surface area contributed by atoms with Gasteiger partial charge in [-0.15, -0.1) is 0 Å². The fraction of sp³-hybridized carbons (Fsp3) is 0.400. The molecule has 0 unspecified atom stereocenters. The Hall–Kier alpha value is -1.57. The second-order valence-corrected chi connectivity index (χ2v) is 4.88. The molecule has 1 aliphatic rings. The number of hydrogen-bond acceptors (Lipinski definition) is 1. The second kappa shape index (κ2) is 4.02. The Morgan fingerprint density at radius 2 is 2.18 bits per heavy atom. The number of aryl methyl sites for hydroxylation is 4. The molecule has 0 saturated carbocycles. The van der Waals surface area contributed by atoms with Gasteiger partial charge in [0.25, 0.3) is 0 Å². The van der Waals surface area contributed by atoms with Gasteiger partial charge in [0.05, 0.1) is 5.69 Å². The summed E-state index contributed by atoms with van der Waals surface area (Å²) in [6.07, 6.45) is 4.49. The van der Waals surface area contributed by atoms with Crippen LogP contribution in [0.3, 0.4) is 0 Å². The maximum Gasteiger partial charge on any atom is 0.106 e. The number of rotatable bonds is 1. The van der Waals surface area contributed by atoms with E-state index in [9.17, 15) is 0 Å². The normalized spacial score (nSPS) is 14.0. The molecule has 1 aromatic heterocycles. The van der Waals surface area contributed by atoms with Gasteiger partial charge in [-0.05, 0) is 31.7 Å². The Morgan fingerprint density at radius 1 is 1.29 bits per heavy atom. The number of fused-ring (bicyclic) bond motifs is 3. The maximum atomic E-state index is 4.74. The summed E-state index contributed by atoms with van der Waals surface area (Å²) >= 11 is 0. The number of aromatic nitrogens is 2. The third-order valence-corrected chi connectivity index (χ3v) is 3.55. The first-order valence-corrected chi connectivity index (χ1v) is 6.45. The fourth-order valence-corrected chi connectivity index (χ4v) is 2.65. The van der Waals surface area contributed by atoms with Crippen LogP contribution in [-0.2, 0) is 19.3 Å². The number of H-pyrrole nitrogens is 1. The number of imidazole rings is 1. The van der Waals surface area contributed by atoms with Crippen LogP contribution in [-0.4, -0.2) is 9.97 Å². The molecule has 0 aliphatic heterocycles. The molecule has 2 aromatic rings. The number of hydrogen-bond donors (Lipinski definition) is 1. The first kappa shape index (κ1) is 10.6. The summed E-state index contributed by atoms with van der Waals surface area (Å²) in [7, 11) is 0. The molecule has 88 valence electrons. The Balaban J connectivity index is 2.19. The van der Waals surface area contributed by atoms with E-state index >= 15 is 0 Å². The van der Waals surface area contributed by atoms with Gasteiger partial charge in [-0.3, -0.25) is 0 Å². The van der Waals surface area contributed by atoms with Crippen molar-refractivity contribution in [3.8, 4) is 11.3 Å². The van der Waals surface area contributed by atoms with Gasteiger partial charge < -0.3 is 4.98 Å². The lowest BCUT2D eigenvalue weighted by molar-refractivity contribution is 0.811. The van der Waals surface area contributed by atoms with Gasteiger partial charge in [-0.25, -0.2) is 4.98 Å². The van der Waals surface area contributed by atoms with E-state index in [4.69, 9.17) is 4.98 Å². The van der Waals surface area contributed by atoms with Crippen molar-refractivity contribution in [1.82, 2.24) is 9.97 Å². The Bertz CT molecular complexity index is 552. The molecule has 0 amide bonds. The van der Waals surface area contributed by atoms with Crippen LogP contribution in [0.2, 0.25) is 0 Å². The van der Waals surface area contributed by atoms with E-state index in [0.29, 0.717) is 0 Å². The minimum atomic E-state index is 0.980. The molecular formula is C15H18N2. The highest BCUT2D eigenvalue weighted by atomic mass is 14.9. The molecule has 0 radical (unpaired) electrons. The number of aromatic amines is 1. The fourth-order valence-electron chi connectivity index (χ4n) is 2.65. The summed E-state index contributed by atoms with van der Waals surface area (Å²) < 4.78 is 0. The van der Waals surface area contributed by atoms with Gasteiger partial charge in [0.15, 0.2) is 0 Å². The zero-order valence-electron chi connectivity index (χ0n) is 10.5. The van der Waals surface area contributed by atoms with Gasteiger partial charge in [0.1, 0.15) is 5.82 Å². The van der Waals surface area contributed by atoms with Gasteiger partial charge in [-0.2, -0.15) is 0 Å². The number of nitrogens with one attached hydrogen (secondary N) is 1. The van der Waals surface area contributed by atoms with E-state index in [1.165, 1.54) is 40.9 Å². The second-order valence-electron chi connectivity index (χ2n) is 4.88. The van der Waals surface area contributed by atoms with Crippen LogP contribution < -0.4 is 0 Å². The highest BCUT2D eigenvalue weighted by molar-refractivity contribution is 5.67. The molecule has 0 spiro atoms. The smallest absolute Gasteiger partial charge is 0.106 e. The molecule has 2 nitrogen and oxygen atoms in total. The molecule has 0 bridgehead atoms. The van der Waals surface area contributed by atoms with Crippen molar-refractivity contribution < 1.29 is 0 Å². The summed E-state index contributed by atoms with van der Waals surface area (Å²) in [4.78, 5) is 8.21. The van der Waals surface area contributed by atoms with E-state index in [-0.39, 0.29) is 0 Å². The summed E-state index contributed by atoms with van der Waals surface area (Å²) in [6.45, 7) is 4.31. The first-order valence-electron chi connectivity index (χ1n) is 6.45. The topological polar surface area (TPSA) is 28.7 Å². The highest BCUT2D eigenvalue weighted by Crippen LogP contribution is 2.31. The van der Waals surface area contributed by atoms with Crippen LogP contribution in [0.5, 0.6) is 0 Å². The zero-order valence-corrected chi connectivity index (χ0v) is 10.5. The van der Waals surface area contributed by atoms with Crippen molar-refractivity contribution in [2.45, 2.75) is 39.5 Å². The Labute approximate surface area is 102 Å². The molecule has 1 N–H and O–H groups in total. The van der Waals surface area contributed by atoms with Gasteiger partial charge in [0, 0.05) is 17.7 Å². The van der Waals surface area contributed by atoms with Crippen molar-refractivity contribution in [3.63, 3.8) is 0 Å². The predicted octanol–water partition coefficient (Wildman–Crippen LogP) is 3.44. The zero-order chi connectivity index (χ0) is 11.8. The molecular weight excluding hydrogens is 208 g/mol. The Kier molecular flexibility index (Phi) is 2.50. The monoisotopic (exact) mass is 226 g/mol. The molecule has 0 atom stereocenters. The SMILES string of the molecule is CCc1nc2c([nH]1)CCCc1cc(C)ccc1-2. The molecule has 3 rings (SSSR count). The highest BCUT2D eigenvalue weighted by Gasteiger charge is 2.18. The van der Waals surface area contributed by atoms with Crippen LogP contribution in [0.1, 0.15) is 36.0 Å². The summed E-state index contributed by atoms with van der Waals surface area (Å²) in [6, 6.07) is 6.73. The summed E-state index contributed by atoms with van der Waals surface area (Å²) in [5, 5.41) is 0. The molecule has 0 fully saturated rings. The van der Waals surface area contributed by atoms with Gasteiger partial charge in [0.2, 0.25) is 0 Å². The minimum Gasteiger partial charge on any atom is -0.345 e. The Morgan fingerprint density at radius 3 is 3.00 bits per heavy atom. The molecule has 17 heavy (non-hydrogen) atoms. The van der Waals surface area contributed by atoms with E-state index < -0.39 is 0 Å². The van der Waals surface area contributed by atoms with E-state index in [2.05, 4.69) is 37.0 Å². The lowest BCUT2D eigenvalue weighted by Crippen LogP contribution is -1.90. The minimum absolute atomic E-state index is 0.980. The van der Waals surface area contributed by atoms with E-state index in [1.54, 1.807) is 0 Å². The average molecular weight is 226 g/mol. The lowest BCUT2D eigenvalue weighted by atomic mass is 10.0. The van der Waals surface area contributed by atoms with Crippen LogP contribution in [0, 0.1) is 6.92 Å². The summed E-state index contributed by atoms with van der Waals surface area (Å²) in [5.74, 6) is 1.11. The van der Waals surface area contributed by atoms with Crippen molar-refractivity contribution in [2.75, 3.05) is 0 Å². The molecule has 1 heterocycles. The quantitative estimate of drug-likeness (QED) is 0.792. The van der Waals surface area contributed by atoms with Gasteiger partial charge >= 0.3 is 0 Å².